The molecule has 5 rings (SSSR count). The number of ether oxygens (including phenoxy) is 1. The van der Waals surface area contributed by atoms with Gasteiger partial charge in [-0.2, -0.15) is 0 Å². The van der Waals surface area contributed by atoms with Crippen molar-refractivity contribution in [3.05, 3.63) is 0 Å². The van der Waals surface area contributed by atoms with Crippen molar-refractivity contribution in [3.63, 3.8) is 0 Å². The molecule has 0 aromatic rings. The average Bonchev–Trinajstić information content (AvgIpc) is 3.38. The number of nitrogens with zero attached hydrogens (tertiary/aromatic N) is 2. The van der Waals surface area contributed by atoms with Gasteiger partial charge < -0.3 is 9.64 Å². The van der Waals surface area contributed by atoms with Gasteiger partial charge in [-0.05, 0) is 75.2 Å². The zero-order valence-corrected chi connectivity index (χ0v) is 15.8. The highest BCUT2D eigenvalue weighted by molar-refractivity contribution is 5.82. The van der Waals surface area contributed by atoms with E-state index in [9.17, 15) is 4.79 Å². The van der Waals surface area contributed by atoms with E-state index >= 15 is 0 Å². The fraction of sp³-hybridized carbons (Fsp3) is 0.952. The van der Waals surface area contributed by atoms with Crippen LogP contribution in [0.25, 0.3) is 0 Å². The number of likely N-dealkylation sites (tertiary alicyclic amines) is 2. The van der Waals surface area contributed by atoms with Gasteiger partial charge in [0.2, 0.25) is 5.91 Å². The van der Waals surface area contributed by atoms with Gasteiger partial charge in [0.25, 0.3) is 0 Å². The van der Waals surface area contributed by atoms with Gasteiger partial charge in [0, 0.05) is 38.8 Å². The lowest BCUT2D eigenvalue weighted by atomic mass is 9.74. The van der Waals surface area contributed by atoms with Crippen LogP contribution in [0.5, 0.6) is 0 Å². The summed E-state index contributed by atoms with van der Waals surface area (Å²) in [7, 11) is 0. The van der Waals surface area contributed by atoms with Gasteiger partial charge in [-0.15, -0.1) is 0 Å². The fourth-order valence-electron chi connectivity index (χ4n) is 5.12. The summed E-state index contributed by atoms with van der Waals surface area (Å²) in [5.74, 6) is 3.91. The number of hydrogen-bond acceptors (Lipinski definition) is 3. The van der Waals surface area contributed by atoms with E-state index in [-0.39, 0.29) is 5.54 Å². The molecule has 1 spiro atoms. The van der Waals surface area contributed by atoms with Gasteiger partial charge in [0.15, 0.2) is 0 Å². The summed E-state index contributed by atoms with van der Waals surface area (Å²) >= 11 is 0. The fourth-order valence-corrected chi connectivity index (χ4v) is 5.12. The zero-order chi connectivity index (χ0) is 17.0. The van der Waals surface area contributed by atoms with Gasteiger partial charge >= 0.3 is 0 Å². The minimum absolute atomic E-state index is 0.280. The van der Waals surface area contributed by atoms with Crippen molar-refractivity contribution in [2.75, 3.05) is 39.4 Å². The summed E-state index contributed by atoms with van der Waals surface area (Å²) in [6.07, 6.45) is 9.24. The van der Waals surface area contributed by atoms with Gasteiger partial charge in [0.1, 0.15) is 0 Å². The number of carbonyl (C=O) groups excluding carboxylic acids is 1. The molecule has 4 nitrogen and oxygen atoms in total. The Labute approximate surface area is 152 Å². The minimum Gasteiger partial charge on any atom is -0.381 e. The van der Waals surface area contributed by atoms with Crippen molar-refractivity contribution in [1.29, 1.82) is 0 Å². The first-order chi connectivity index (χ1) is 12.1. The topological polar surface area (TPSA) is 32.8 Å². The van der Waals surface area contributed by atoms with E-state index in [4.69, 9.17) is 4.74 Å². The molecule has 3 aliphatic carbocycles. The lowest BCUT2D eigenvalue weighted by Crippen LogP contribution is -2.73. The van der Waals surface area contributed by atoms with Gasteiger partial charge in [-0.25, -0.2) is 0 Å². The molecule has 0 aromatic heterocycles. The second-order valence-electron chi connectivity index (χ2n) is 9.97. The Hall–Kier alpha value is -0.610. The molecule has 140 valence electrons. The lowest BCUT2D eigenvalue weighted by Gasteiger charge is -2.60. The molecule has 3 atom stereocenters. The Morgan fingerprint density at radius 3 is 2.36 bits per heavy atom. The average molecular weight is 347 g/mol. The molecule has 25 heavy (non-hydrogen) atoms. The number of piperidine rings is 1. The number of amides is 1. The van der Waals surface area contributed by atoms with Crippen molar-refractivity contribution in [2.45, 2.75) is 57.4 Å². The second-order valence-corrected chi connectivity index (χ2v) is 9.97. The maximum absolute atomic E-state index is 12.6. The molecule has 3 saturated carbocycles. The molecule has 5 aliphatic rings. The molecular weight excluding hydrogens is 312 g/mol. The predicted molar refractivity (Wildman–Crippen MR) is 97.1 cm³/mol. The molecular formula is C21H34N2O2. The standard InChI is InChI=1S/C21H34N2O2/c1-15-8-19(15)20(24)22-13-21(14-22)9-18(12-25-11-17-4-5-17)6-7-23(21)10-16-2-3-16/h15-19H,2-14H2,1H3. The van der Waals surface area contributed by atoms with Crippen LogP contribution in [0.2, 0.25) is 0 Å². The Balaban J connectivity index is 1.18. The number of rotatable bonds is 7. The van der Waals surface area contributed by atoms with Crippen LogP contribution in [0.15, 0.2) is 0 Å². The van der Waals surface area contributed by atoms with E-state index in [2.05, 4.69) is 16.7 Å². The third kappa shape index (κ3) is 3.49. The van der Waals surface area contributed by atoms with Crippen LogP contribution in [0.1, 0.15) is 51.9 Å². The van der Waals surface area contributed by atoms with Crippen LogP contribution in [-0.2, 0) is 9.53 Å². The Bertz CT molecular complexity index is 522. The van der Waals surface area contributed by atoms with Crippen molar-refractivity contribution in [2.24, 2.45) is 29.6 Å². The quantitative estimate of drug-likeness (QED) is 0.711. The molecule has 0 bridgehead atoms. The lowest BCUT2D eigenvalue weighted by molar-refractivity contribution is -0.155. The largest absolute Gasteiger partial charge is 0.381 e. The second kappa shape index (κ2) is 6.23. The van der Waals surface area contributed by atoms with Crippen LogP contribution in [0, 0.1) is 29.6 Å². The maximum atomic E-state index is 12.6. The predicted octanol–water partition coefficient (Wildman–Crippen LogP) is 2.77. The molecule has 3 unspecified atom stereocenters. The molecule has 2 heterocycles. The van der Waals surface area contributed by atoms with E-state index < -0.39 is 0 Å². The van der Waals surface area contributed by atoms with Crippen LogP contribution < -0.4 is 0 Å². The van der Waals surface area contributed by atoms with E-state index in [1.165, 1.54) is 51.6 Å². The Kier molecular flexibility index (Phi) is 4.12. The molecule has 2 aliphatic heterocycles. The molecule has 0 radical (unpaired) electrons. The highest BCUT2D eigenvalue weighted by Crippen LogP contribution is 2.46. The summed E-state index contributed by atoms with van der Waals surface area (Å²) in [4.78, 5) is 17.5. The summed E-state index contributed by atoms with van der Waals surface area (Å²) < 4.78 is 6.03. The highest BCUT2D eigenvalue weighted by atomic mass is 16.5. The van der Waals surface area contributed by atoms with E-state index in [1.807, 2.05) is 0 Å². The van der Waals surface area contributed by atoms with Crippen LogP contribution >= 0.6 is 0 Å². The molecule has 5 fully saturated rings. The van der Waals surface area contributed by atoms with Crippen molar-refractivity contribution in [3.8, 4) is 0 Å². The summed E-state index contributed by atoms with van der Waals surface area (Å²) in [6, 6.07) is 0. The van der Waals surface area contributed by atoms with E-state index in [1.54, 1.807) is 0 Å². The zero-order valence-electron chi connectivity index (χ0n) is 15.8. The van der Waals surface area contributed by atoms with Crippen molar-refractivity contribution < 1.29 is 9.53 Å². The third-order valence-corrected chi connectivity index (χ3v) is 7.43. The number of hydrogen-bond donors (Lipinski definition) is 0. The van der Waals surface area contributed by atoms with E-state index in [0.29, 0.717) is 23.7 Å². The highest BCUT2D eigenvalue weighted by Gasteiger charge is 2.55. The van der Waals surface area contributed by atoms with Gasteiger partial charge in [0.05, 0.1) is 5.54 Å². The molecule has 2 saturated heterocycles. The minimum atomic E-state index is 0.280. The number of carbonyl (C=O) groups is 1. The first-order valence-corrected chi connectivity index (χ1v) is 10.7. The summed E-state index contributed by atoms with van der Waals surface area (Å²) in [5.41, 5.74) is 0.280. The van der Waals surface area contributed by atoms with Crippen LogP contribution in [-0.4, -0.2) is 60.6 Å². The Morgan fingerprint density at radius 1 is 1.04 bits per heavy atom. The van der Waals surface area contributed by atoms with E-state index in [0.717, 1.165) is 44.6 Å². The first kappa shape index (κ1) is 16.6. The smallest absolute Gasteiger partial charge is 0.226 e. The normalized spacial score (nSPS) is 37.2. The summed E-state index contributed by atoms with van der Waals surface area (Å²) in [6.45, 7) is 8.61. The molecule has 0 N–H and O–H groups in total. The monoisotopic (exact) mass is 346 g/mol. The van der Waals surface area contributed by atoms with Crippen molar-refractivity contribution in [1.82, 2.24) is 9.80 Å². The van der Waals surface area contributed by atoms with Gasteiger partial charge in [-0.1, -0.05) is 6.92 Å². The maximum Gasteiger partial charge on any atom is 0.226 e. The van der Waals surface area contributed by atoms with Gasteiger partial charge in [-0.3, -0.25) is 9.69 Å². The SMILES string of the molecule is CC1CC1C(=O)N1CC2(CC(COCC3CC3)CCN2CC2CC2)C1. The first-order valence-electron chi connectivity index (χ1n) is 10.7. The van der Waals surface area contributed by atoms with Crippen molar-refractivity contribution >= 4 is 5.91 Å². The third-order valence-electron chi connectivity index (χ3n) is 7.43. The molecule has 4 heteroatoms. The van der Waals surface area contributed by atoms with Crippen LogP contribution in [0.4, 0.5) is 0 Å². The summed E-state index contributed by atoms with van der Waals surface area (Å²) in [5, 5.41) is 0. The van der Waals surface area contributed by atoms with Crippen LogP contribution in [0.3, 0.4) is 0 Å². The molecule has 0 aromatic carbocycles. The molecule has 1 amide bonds. The Morgan fingerprint density at radius 2 is 1.72 bits per heavy atom.